The Morgan fingerprint density at radius 3 is 2.57 bits per heavy atom. The van der Waals surface area contributed by atoms with E-state index in [1.807, 2.05) is 0 Å². The molecule has 158 valence electrons. The Morgan fingerprint density at radius 1 is 1.17 bits per heavy atom. The Labute approximate surface area is 178 Å². The van der Waals surface area contributed by atoms with Gasteiger partial charge in [-0.3, -0.25) is 9.59 Å². The average molecular weight is 432 g/mol. The van der Waals surface area contributed by atoms with Crippen LogP contribution in [0.2, 0.25) is 5.02 Å². The number of carbonyl (C=O) groups is 3. The molecule has 2 rings (SSSR count). The molecule has 8 nitrogen and oxygen atoms in total. The van der Waals surface area contributed by atoms with Gasteiger partial charge in [0, 0.05) is 0 Å². The molecule has 0 radical (unpaired) electrons. The minimum Gasteiger partial charge on any atom is -0.482 e. The van der Waals surface area contributed by atoms with Crippen LogP contribution in [0.3, 0.4) is 0 Å². The summed E-state index contributed by atoms with van der Waals surface area (Å²) in [5.74, 6) is -1.86. The molecule has 30 heavy (non-hydrogen) atoms. The van der Waals surface area contributed by atoms with Crippen LogP contribution in [0.4, 0.5) is 0 Å². The summed E-state index contributed by atoms with van der Waals surface area (Å²) < 4.78 is 5.09. The molecule has 9 heteroatoms. The van der Waals surface area contributed by atoms with Gasteiger partial charge in [0.1, 0.15) is 11.8 Å². The summed E-state index contributed by atoms with van der Waals surface area (Å²) in [5.41, 5.74) is 3.28. The molecule has 0 saturated heterocycles. The van der Waals surface area contributed by atoms with Crippen molar-refractivity contribution in [2.45, 2.75) is 19.9 Å². The van der Waals surface area contributed by atoms with Gasteiger partial charge in [0.25, 0.3) is 11.8 Å². The lowest BCUT2D eigenvalue weighted by Gasteiger charge is -2.20. The van der Waals surface area contributed by atoms with Crippen molar-refractivity contribution in [2.24, 2.45) is 11.0 Å². The first kappa shape index (κ1) is 22.9. The number of carboxylic acid groups (broad SMARTS) is 1. The number of carboxylic acids is 1. The Morgan fingerprint density at radius 2 is 1.90 bits per heavy atom. The first-order chi connectivity index (χ1) is 14.3. The maximum atomic E-state index is 12.5. The first-order valence-electron chi connectivity index (χ1n) is 9.11. The predicted octanol–water partition coefficient (Wildman–Crippen LogP) is 2.71. The van der Waals surface area contributed by atoms with Crippen LogP contribution < -0.4 is 15.5 Å². The fourth-order valence-electron chi connectivity index (χ4n) is 2.47. The Kier molecular flexibility index (Phi) is 8.37. The van der Waals surface area contributed by atoms with Crippen molar-refractivity contribution < 1.29 is 24.2 Å². The third kappa shape index (κ3) is 6.89. The van der Waals surface area contributed by atoms with Gasteiger partial charge in [-0.15, -0.1) is 0 Å². The molecule has 0 spiro atoms. The van der Waals surface area contributed by atoms with E-state index >= 15 is 0 Å². The molecule has 2 amide bonds. The summed E-state index contributed by atoms with van der Waals surface area (Å²) in [6.07, 6.45) is 1.39. The highest BCUT2D eigenvalue weighted by molar-refractivity contribution is 6.33. The zero-order valence-corrected chi connectivity index (χ0v) is 17.2. The maximum absolute atomic E-state index is 12.5. The van der Waals surface area contributed by atoms with E-state index in [-0.39, 0.29) is 11.5 Å². The lowest BCUT2D eigenvalue weighted by atomic mass is 10.0. The Hall–Kier alpha value is -3.39. The standard InChI is InChI=1S/C21H22ClN3O5/c1-13(2)19(24-20(28)16-8-3-4-9-17(16)22)21(29)25-23-11-14-6-5-7-15(10-14)30-12-18(26)27/h3-11,13,19H,12H2,1-2H3,(H,24,28)(H,25,29)(H,26,27)/b23-11+. The van der Waals surface area contributed by atoms with Gasteiger partial charge in [0.2, 0.25) is 0 Å². The second-order valence-corrected chi connectivity index (χ2v) is 7.07. The van der Waals surface area contributed by atoms with E-state index in [4.69, 9.17) is 21.4 Å². The fraction of sp³-hybridized carbons (Fsp3) is 0.238. The summed E-state index contributed by atoms with van der Waals surface area (Å²) >= 11 is 6.04. The normalized spacial score (nSPS) is 11.9. The van der Waals surface area contributed by atoms with Crippen LogP contribution in [0.1, 0.15) is 29.8 Å². The number of hydrogen-bond donors (Lipinski definition) is 3. The summed E-state index contributed by atoms with van der Waals surface area (Å²) in [7, 11) is 0. The van der Waals surface area contributed by atoms with Crippen molar-refractivity contribution in [2.75, 3.05) is 6.61 Å². The summed E-state index contributed by atoms with van der Waals surface area (Å²) in [5, 5.41) is 15.5. The summed E-state index contributed by atoms with van der Waals surface area (Å²) in [6.45, 7) is 3.13. The molecule has 2 aromatic carbocycles. The topological polar surface area (TPSA) is 117 Å². The van der Waals surface area contributed by atoms with Crippen molar-refractivity contribution in [3.63, 3.8) is 0 Å². The quantitative estimate of drug-likeness (QED) is 0.417. The van der Waals surface area contributed by atoms with Crippen molar-refractivity contribution in [1.82, 2.24) is 10.7 Å². The van der Waals surface area contributed by atoms with E-state index < -0.39 is 30.4 Å². The second-order valence-electron chi connectivity index (χ2n) is 6.66. The molecule has 1 atom stereocenters. The second kappa shape index (κ2) is 11.0. The lowest BCUT2D eigenvalue weighted by molar-refractivity contribution is -0.139. The van der Waals surface area contributed by atoms with Crippen molar-refractivity contribution >= 4 is 35.6 Å². The molecule has 2 aromatic rings. The van der Waals surface area contributed by atoms with Gasteiger partial charge >= 0.3 is 5.97 Å². The highest BCUT2D eigenvalue weighted by Crippen LogP contribution is 2.15. The van der Waals surface area contributed by atoms with Crippen molar-refractivity contribution in [3.8, 4) is 5.75 Å². The van der Waals surface area contributed by atoms with Gasteiger partial charge in [-0.25, -0.2) is 10.2 Å². The number of hydrazone groups is 1. The molecular formula is C21H22ClN3O5. The average Bonchev–Trinajstić information content (AvgIpc) is 2.70. The van der Waals surface area contributed by atoms with Gasteiger partial charge in [0.15, 0.2) is 6.61 Å². The van der Waals surface area contributed by atoms with Gasteiger partial charge in [-0.1, -0.05) is 49.7 Å². The van der Waals surface area contributed by atoms with Crippen molar-refractivity contribution in [1.29, 1.82) is 0 Å². The predicted molar refractivity (Wildman–Crippen MR) is 113 cm³/mol. The molecule has 1 unspecified atom stereocenters. The number of hydrogen-bond acceptors (Lipinski definition) is 5. The third-order valence-electron chi connectivity index (χ3n) is 3.96. The molecule has 0 heterocycles. The minimum atomic E-state index is -1.08. The number of carbonyl (C=O) groups excluding carboxylic acids is 2. The van der Waals surface area contributed by atoms with Gasteiger partial charge < -0.3 is 15.2 Å². The number of aliphatic carboxylic acids is 1. The minimum absolute atomic E-state index is 0.195. The summed E-state index contributed by atoms with van der Waals surface area (Å²) in [6, 6.07) is 12.3. The number of rotatable bonds is 9. The van der Waals surface area contributed by atoms with E-state index in [1.54, 1.807) is 62.4 Å². The molecular weight excluding hydrogens is 410 g/mol. The van der Waals surface area contributed by atoms with Crippen molar-refractivity contribution in [3.05, 3.63) is 64.7 Å². The number of ether oxygens (including phenoxy) is 1. The van der Waals surface area contributed by atoms with Crippen LogP contribution in [0.15, 0.2) is 53.6 Å². The van der Waals surface area contributed by atoms with E-state index in [1.165, 1.54) is 6.21 Å². The molecule has 0 aliphatic carbocycles. The molecule has 0 fully saturated rings. The highest BCUT2D eigenvalue weighted by atomic mass is 35.5. The third-order valence-corrected chi connectivity index (χ3v) is 4.29. The highest BCUT2D eigenvalue weighted by Gasteiger charge is 2.25. The zero-order valence-electron chi connectivity index (χ0n) is 16.5. The van der Waals surface area contributed by atoms with Crippen LogP contribution in [0.25, 0.3) is 0 Å². The van der Waals surface area contributed by atoms with Crippen LogP contribution in [0, 0.1) is 5.92 Å². The van der Waals surface area contributed by atoms with Crippen LogP contribution in [0.5, 0.6) is 5.75 Å². The van der Waals surface area contributed by atoms with Gasteiger partial charge in [-0.2, -0.15) is 5.10 Å². The number of halogens is 1. The lowest BCUT2D eigenvalue weighted by Crippen LogP contribution is -2.48. The number of benzene rings is 2. The monoisotopic (exact) mass is 431 g/mol. The van der Waals surface area contributed by atoms with E-state index in [0.717, 1.165) is 0 Å². The zero-order chi connectivity index (χ0) is 22.1. The smallest absolute Gasteiger partial charge is 0.341 e. The Balaban J connectivity index is 2.00. The largest absolute Gasteiger partial charge is 0.482 e. The maximum Gasteiger partial charge on any atom is 0.341 e. The SMILES string of the molecule is CC(C)C(NC(=O)c1ccccc1Cl)C(=O)N/N=C/c1cccc(OCC(=O)O)c1. The number of amides is 2. The van der Waals surface area contributed by atoms with Crippen LogP contribution in [-0.2, 0) is 9.59 Å². The first-order valence-corrected chi connectivity index (χ1v) is 9.48. The number of nitrogens with one attached hydrogen (secondary N) is 2. The van der Waals surface area contributed by atoms with Gasteiger partial charge in [-0.05, 0) is 35.7 Å². The molecule has 0 aliphatic heterocycles. The van der Waals surface area contributed by atoms with Gasteiger partial charge in [0.05, 0.1) is 16.8 Å². The number of nitrogens with zero attached hydrogens (tertiary/aromatic N) is 1. The molecule has 0 aromatic heterocycles. The van der Waals surface area contributed by atoms with E-state index in [0.29, 0.717) is 16.3 Å². The molecule has 0 bridgehead atoms. The fourth-order valence-corrected chi connectivity index (χ4v) is 2.69. The van der Waals surface area contributed by atoms with E-state index in [9.17, 15) is 14.4 Å². The molecule has 3 N–H and O–H groups in total. The van der Waals surface area contributed by atoms with Crippen LogP contribution >= 0.6 is 11.6 Å². The Bertz CT molecular complexity index is 946. The summed E-state index contributed by atoms with van der Waals surface area (Å²) in [4.78, 5) is 35.5. The van der Waals surface area contributed by atoms with Crippen LogP contribution in [-0.4, -0.2) is 41.8 Å². The molecule has 0 aliphatic rings. The molecule has 0 saturated carbocycles. The van der Waals surface area contributed by atoms with E-state index in [2.05, 4.69) is 15.8 Å².